The summed E-state index contributed by atoms with van der Waals surface area (Å²) in [7, 11) is 1.57. The SMILES string of the molecule is CCOC(=O)/C=C/c1cn(CC)nc1OCc1ccc(OCc2nc(-c3ccco3)oc2C)c(OC)c1. The Bertz CT molecular complexity index is 1350. The number of benzene rings is 1. The predicted octanol–water partition coefficient (Wildman–Crippen LogP) is 5.20. The van der Waals surface area contributed by atoms with Crippen molar-refractivity contribution in [1.29, 1.82) is 0 Å². The maximum atomic E-state index is 11.7. The number of hydrogen-bond acceptors (Lipinski definition) is 9. The summed E-state index contributed by atoms with van der Waals surface area (Å²) in [4.78, 5) is 16.2. The zero-order chi connectivity index (χ0) is 26.2. The summed E-state index contributed by atoms with van der Waals surface area (Å²) >= 11 is 0. The summed E-state index contributed by atoms with van der Waals surface area (Å²) in [6, 6.07) is 9.09. The van der Waals surface area contributed by atoms with Crippen LogP contribution in [0.5, 0.6) is 17.4 Å². The second-order valence-electron chi connectivity index (χ2n) is 7.89. The Labute approximate surface area is 214 Å². The van der Waals surface area contributed by atoms with Crippen LogP contribution in [0.15, 0.2) is 57.7 Å². The molecule has 0 bridgehead atoms. The van der Waals surface area contributed by atoms with Gasteiger partial charge in [0.15, 0.2) is 17.3 Å². The molecule has 10 heteroatoms. The Kier molecular flexibility index (Phi) is 8.29. The maximum Gasteiger partial charge on any atom is 0.330 e. The molecule has 10 nitrogen and oxygen atoms in total. The Morgan fingerprint density at radius 3 is 2.73 bits per heavy atom. The van der Waals surface area contributed by atoms with Crippen LogP contribution in [0.2, 0.25) is 0 Å². The van der Waals surface area contributed by atoms with Crippen LogP contribution >= 0.6 is 0 Å². The highest BCUT2D eigenvalue weighted by Gasteiger charge is 2.16. The van der Waals surface area contributed by atoms with E-state index in [1.165, 1.54) is 6.08 Å². The van der Waals surface area contributed by atoms with Crippen LogP contribution in [0.1, 0.15) is 36.4 Å². The fraction of sp³-hybridized carbons (Fsp3) is 0.296. The molecule has 3 aromatic heterocycles. The van der Waals surface area contributed by atoms with E-state index >= 15 is 0 Å². The van der Waals surface area contributed by atoms with Gasteiger partial charge >= 0.3 is 5.97 Å². The molecular weight excluding hydrogens is 478 g/mol. The van der Waals surface area contributed by atoms with Gasteiger partial charge in [-0.1, -0.05) is 6.07 Å². The molecule has 0 spiro atoms. The highest BCUT2D eigenvalue weighted by atomic mass is 16.5. The van der Waals surface area contributed by atoms with Crippen LogP contribution < -0.4 is 14.2 Å². The normalized spacial score (nSPS) is 11.1. The van der Waals surface area contributed by atoms with Crippen molar-refractivity contribution < 1.29 is 32.6 Å². The lowest BCUT2D eigenvalue weighted by atomic mass is 10.2. The number of esters is 1. The van der Waals surface area contributed by atoms with Gasteiger partial charge in [0, 0.05) is 18.8 Å². The fourth-order valence-electron chi connectivity index (χ4n) is 3.44. The molecule has 0 unspecified atom stereocenters. The zero-order valence-electron chi connectivity index (χ0n) is 21.2. The van der Waals surface area contributed by atoms with Gasteiger partial charge in [-0.2, -0.15) is 0 Å². The molecule has 0 fully saturated rings. The number of methoxy groups -OCH3 is 1. The molecule has 0 aliphatic rings. The zero-order valence-corrected chi connectivity index (χ0v) is 21.2. The Morgan fingerprint density at radius 1 is 1.14 bits per heavy atom. The predicted molar refractivity (Wildman–Crippen MR) is 134 cm³/mol. The molecule has 3 heterocycles. The van der Waals surface area contributed by atoms with Gasteiger partial charge in [-0.15, -0.1) is 5.10 Å². The molecule has 194 valence electrons. The van der Waals surface area contributed by atoms with Crippen molar-refractivity contribution in [2.24, 2.45) is 0 Å². The van der Waals surface area contributed by atoms with Crippen molar-refractivity contribution in [2.45, 2.75) is 40.5 Å². The standard InChI is InChI=1S/C27H29N3O7/c1-5-30-15-20(10-12-25(31)33-6-2)26(29-30)36-16-19-9-11-22(24(14-19)32-4)35-17-21-18(3)37-27(28-21)23-8-7-13-34-23/h7-15H,5-6,16-17H2,1-4H3/b12-10+. The number of ether oxygens (including phenoxy) is 4. The van der Waals surface area contributed by atoms with E-state index in [0.29, 0.717) is 59.2 Å². The van der Waals surface area contributed by atoms with Crippen molar-refractivity contribution in [3.63, 3.8) is 0 Å². The van der Waals surface area contributed by atoms with Gasteiger partial charge in [-0.3, -0.25) is 4.68 Å². The number of aryl methyl sites for hydroxylation is 2. The molecule has 0 N–H and O–H groups in total. The molecule has 0 saturated heterocycles. The second kappa shape index (κ2) is 12.0. The minimum absolute atomic E-state index is 0.201. The monoisotopic (exact) mass is 507 g/mol. The number of aromatic nitrogens is 3. The summed E-state index contributed by atoms with van der Waals surface area (Å²) in [6.45, 7) is 6.97. The summed E-state index contributed by atoms with van der Waals surface area (Å²) in [5, 5.41) is 4.43. The van der Waals surface area contributed by atoms with Crippen molar-refractivity contribution >= 4 is 12.0 Å². The van der Waals surface area contributed by atoms with E-state index < -0.39 is 5.97 Å². The quantitative estimate of drug-likeness (QED) is 0.189. The lowest BCUT2D eigenvalue weighted by Crippen LogP contribution is -2.02. The summed E-state index contributed by atoms with van der Waals surface area (Å²) in [6.07, 6.45) is 6.37. The first-order valence-electron chi connectivity index (χ1n) is 11.9. The molecule has 0 aliphatic heterocycles. The van der Waals surface area contributed by atoms with Crippen molar-refractivity contribution in [1.82, 2.24) is 14.8 Å². The van der Waals surface area contributed by atoms with Crippen LogP contribution in [0, 0.1) is 6.92 Å². The Morgan fingerprint density at radius 2 is 2.00 bits per heavy atom. The van der Waals surface area contributed by atoms with Gasteiger partial charge in [0.05, 0.1) is 25.5 Å². The average molecular weight is 508 g/mol. The van der Waals surface area contributed by atoms with Gasteiger partial charge in [0.1, 0.15) is 24.7 Å². The lowest BCUT2D eigenvalue weighted by Gasteiger charge is -2.12. The van der Waals surface area contributed by atoms with Crippen molar-refractivity contribution in [3.8, 4) is 29.0 Å². The maximum absolute atomic E-state index is 11.7. The lowest BCUT2D eigenvalue weighted by molar-refractivity contribution is -0.137. The molecule has 0 saturated carbocycles. The number of hydrogen-bond donors (Lipinski definition) is 0. The largest absolute Gasteiger partial charge is 0.493 e. The molecule has 37 heavy (non-hydrogen) atoms. The molecule has 0 aliphatic carbocycles. The summed E-state index contributed by atoms with van der Waals surface area (Å²) in [5.41, 5.74) is 2.20. The van der Waals surface area contributed by atoms with Crippen molar-refractivity contribution in [2.75, 3.05) is 13.7 Å². The third-order valence-corrected chi connectivity index (χ3v) is 5.36. The van der Waals surface area contributed by atoms with Crippen LogP contribution in [-0.4, -0.2) is 34.5 Å². The van der Waals surface area contributed by atoms with E-state index in [4.69, 9.17) is 27.8 Å². The van der Waals surface area contributed by atoms with E-state index in [-0.39, 0.29) is 13.2 Å². The molecule has 4 rings (SSSR count). The van der Waals surface area contributed by atoms with Gasteiger partial charge in [-0.05, 0) is 56.7 Å². The van der Waals surface area contributed by atoms with Gasteiger partial charge in [-0.25, -0.2) is 9.78 Å². The highest BCUT2D eigenvalue weighted by molar-refractivity contribution is 5.87. The van der Waals surface area contributed by atoms with E-state index in [0.717, 1.165) is 5.56 Å². The van der Waals surface area contributed by atoms with E-state index in [2.05, 4.69) is 10.1 Å². The Balaban J connectivity index is 1.42. The smallest absolute Gasteiger partial charge is 0.330 e. The van der Waals surface area contributed by atoms with Gasteiger partial charge < -0.3 is 27.8 Å². The first-order valence-corrected chi connectivity index (χ1v) is 11.9. The van der Waals surface area contributed by atoms with Crippen LogP contribution in [0.4, 0.5) is 0 Å². The molecule has 4 aromatic rings. The van der Waals surface area contributed by atoms with Gasteiger partial charge in [0.25, 0.3) is 5.89 Å². The number of carbonyl (C=O) groups excluding carboxylic acids is 1. The van der Waals surface area contributed by atoms with Gasteiger partial charge in [0.2, 0.25) is 5.88 Å². The van der Waals surface area contributed by atoms with Crippen LogP contribution in [0.3, 0.4) is 0 Å². The first-order chi connectivity index (χ1) is 18.0. The van der Waals surface area contributed by atoms with Crippen LogP contribution in [0.25, 0.3) is 17.7 Å². The number of nitrogens with zero attached hydrogens (tertiary/aromatic N) is 3. The molecule has 0 amide bonds. The minimum atomic E-state index is -0.420. The topological polar surface area (TPSA) is 111 Å². The second-order valence-corrected chi connectivity index (χ2v) is 7.89. The highest BCUT2D eigenvalue weighted by Crippen LogP contribution is 2.30. The molecule has 1 aromatic carbocycles. The molecular formula is C27H29N3O7. The third kappa shape index (κ3) is 6.40. The van der Waals surface area contributed by atoms with Crippen LogP contribution in [-0.2, 0) is 29.3 Å². The number of furan rings is 1. The molecule has 0 radical (unpaired) electrons. The minimum Gasteiger partial charge on any atom is -0.493 e. The third-order valence-electron chi connectivity index (χ3n) is 5.36. The van der Waals surface area contributed by atoms with E-state index in [1.54, 1.807) is 43.2 Å². The number of rotatable bonds is 12. The van der Waals surface area contributed by atoms with E-state index in [9.17, 15) is 4.79 Å². The number of carbonyl (C=O) groups is 1. The van der Waals surface area contributed by atoms with E-state index in [1.807, 2.05) is 38.2 Å². The molecule has 0 atom stereocenters. The summed E-state index contributed by atoms with van der Waals surface area (Å²) < 4.78 is 35.2. The number of oxazole rings is 1. The Hall–Kier alpha value is -4.47. The first kappa shape index (κ1) is 25.6. The van der Waals surface area contributed by atoms with Crippen molar-refractivity contribution in [3.05, 3.63) is 71.4 Å². The average Bonchev–Trinajstić information content (AvgIpc) is 3.65. The fourth-order valence-corrected chi connectivity index (χ4v) is 3.44. The summed E-state index contributed by atoms with van der Waals surface area (Å²) in [5.74, 6) is 2.71.